The summed E-state index contributed by atoms with van der Waals surface area (Å²) in [5.41, 5.74) is 0. The number of hydrogen-bond acceptors (Lipinski definition) is 3. The monoisotopic (exact) mass is 178 g/mol. The number of aliphatic hydroxyl groups is 1. The Balaban J connectivity index is 2.54. The number of carbonyl (C=O) groups excluding carboxylic acids is 1. The quantitative estimate of drug-likeness (QED) is 0.471. The number of ether oxygens (including phenoxy) is 1. The Labute approximate surface area is 70.3 Å². The average Bonchev–Trinajstić information content (AvgIpc) is 2.32. The summed E-state index contributed by atoms with van der Waals surface area (Å²) in [6.45, 7) is 0. The molecule has 1 aliphatic rings. The van der Waals surface area contributed by atoms with Crippen molar-refractivity contribution in [2.45, 2.75) is 24.3 Å². The predicted octanol–water partition coefficient (Wildman–Crippen LogP) is 0.538. The molecule has 0 aromatic rings. The molecule has 3 nitrogen and oxygen atoms in total. The summed E-state index contributed by atoms with van der Waals surface area (Å²) in [7, 11) is 1.33. The van der Waals surface area contributed by atoms with E-state index in [2.05, 4.69) is 4.74 Å². The molecule has 1 N–H and O–H groups in total. The highest BCUT2D eigenvalue weighted by molar-refractivity contribution is 6.22. The third-order valence-electron chi connectivity index (χ3n) is 2.03. The fraction of sp³-hybridized carbons (Fsp3) is 0.857. The van der Waals surface area contributed by atoms with Gasteiger partial charge in [0.05, 0.1) is 24.5 Å². The van der Waals surface area contributed by atoms with Crippen molar-refractivity contribution in [3.05, 3.63) is 0 Å². The normalized spacial score (nSPS) is 37.2. The molecule has 0 aromatic carbocycles. The van der Waals surface area contributed by atoms with Crippen LogP contribution in [0, 0.1) is 5.92 Å². The smallest absolute Gasteiger partial charge is 0.310 e. The van der Waals surface area contributed by atoms with Crippen molar-refractivity contribution in [3.63, 3.8) is 0 Å². The van der Waals surface area contributed by atoms with Crippen molar-refractivity contribution in [1.82, 2.24) is 0 Å². The maximum absolute atomic E-state index is 11.0. The maximum atomic E-state index is 11.0. The summed E-state index contributed by atoms with van der Waals surface area (Å²) < 4.78 is 4.52. The van der Waals surface area contributed by atoms with Gasteiger partial charge in [0.1, 0.15) is 0 Å². The van der Waals surface area contributed by atoms with E-state index >= 15 is 0 Å². The van der Waals surface area contributed by atoms with Crippen LogP contribution in [0.15, 0.2) is 0 Å². The molecule has 1 aliphatic carbocycles. The van der Waals surface area contributed by atoms with Crippen LogP contribution >= 0.6 is 11.6 Å². The van der Waals surface area contributed by atoms with Gasteiger partial charge in [-0.1, -0.05) is 0 Å². The molecule has 3 atom stereocenters. The van der Waals surface area contributed by atoms with E-state index in [4.69, 9.17) is 11.6 Å². The number of aliphatic hydroxyl groups excluding tert-OH is 1. The molecule has 4 heteroatoms. The molecule has 0 saturated heterocycles. The second kappa shape index (κ2) is 3.41. The first-order valence-electron chi connectivity index (χ1n) is 3.56. The highest BCUT2D eigenvalue weighted by Crippen LogP contribution is 2.31. The van der Waals surface area contributed by atoms with Crippen LogP contribution in [0.25, 0.3) is 0 Å². The van der Waals surface area contributed by atoms with Crippen LogP contribution in [0.5, 0.6) is 0 Å². The molecule has 0 aromatic heterocycles. The Morgan fingerprint density at radius 2 is 2.27 bits per heavy atom. The van der Waals surface area contributed by atoms with Gasteiger partial charge in [-0.05, 0) is 12.8 Å². The maximum Gasteiger partial charge on any atom is 0.310 e. The van der Waals surface area contributed by atoms with E-state index < -0.39 is 11.5 Å². The van der Waals surface area contributed by atoms with Crippen molar-refractivity contribution < 1.29 is 14.6 Å². The molecule has 0 spiro atoms. The first-order valence-corrected chi connectivity index (χ1v) is 4.00. The van der Waals surface area contributed by atoms with Gasteiger partial charge in [-0.25, -0.2) is 0 Å². The molecule has 0 radical (unpaired) electrons. The fourth-order valence-corrected chi connectivity index (χ4v) is 1.69. The summed E-state index contributed by atoms with van der Waals surface area (Å²) in [5.74, 6) is -0.641. The summed E-state index contributed by atoms with van der Waals surface area (Å²) in [5, 5.41) is 8.70. The molecule has 0 heterocycles. The van der Waals surface area contributed by atoms with Crippen LogP contribution in [0.3, 0.4) is 0 Å². The summed E-state index contributed by atoms with van der Waals surface area (Å²) in [4.78, 5) is 11.0. The highest BCUT2D eigenvalue weighted by atomic mass is 35.5. The van der Waals surface area contributed by atoms with Crippen LogP contribution in [-0.2, 0) is 9.53 Å². The minimum Gasteiger partial charge on any atom is -0.469 e. The van der Waals surface area contributed by atoms with Gasteiger partial charge in [0, 0.05) is 0 Å². The predicted molar refractivity (Wildman–Crippen MR) is 40.4 cm³/mol. The van der Waals surface area contributed by atoms with Crippen molar-refractivity contribution in [1.29, 1.82) is 0 Å². The molecule has 0 unspecified atom stereocenters. The Bertz CT molecular complexity index is 160. The Hall–Kier alpha value is -0.280. The van der Waals surface area contributed by atoms with Gasteiger partial charge >= 0.3 is 5.97 Å². The zero-order chi connectivity index (χ0) is 8.43. The van der Waals surface area contributed by atoms with Crippen LogP contribution in [0.4, 0.5) is 0 Å². The van der Waals surface area contributed by atoms with Gasteiger partial charge in [-0.2, -0.15) is 0 Å². The van der Waals surface area contributed by atoms with E-state index in [9.17, 15) is 9.90 Å². The molecule has 0 amide bonds. The second-order valence-corrected chi connectivity index (χ2v) is 3.22. The average molecular weight is 179 g/mol. The van der Waals surface area contributed by atoms with Gasteiger partial charge in [0.15, 0.2) is 0 Å². The number of halogens is 1. The first kappa shape index (κ1) is 8.81. The van der Waals surface area contributed by atoms with E-state index in [1.54, 1.807) is 0 Å². The van der Waals surface area contributed by atoms with Gasteiger partial charge in [0.2, 0.25) is 0 Å². The third kappa shape index (κ3) is 1.65. The molecule has 0 aliphatic heterocycles. The van der Waals surface area contributed by atoms with Crippen LogP contribution < -0.4 is 0 Å². The lowest BCUT2D eigenvalue weighted by molar-refractivity contribution is -0.145. The molecular formula is C7H11ClO3. The molecule has 1 fully saturated rings. The number of hydrogen-bond donors (Lipinski definition) is 1. The van der Waals surface area contributed by atoms with Gasteiger partial charge in [-0.15, -0.1) is 11.6 Å². The largest absolute Gasteiger partial charge is 0.469 e. The second-order valence-electron chi connectivity index (χ2n) is 2.72. The minimum absolute atomic E-state index is 0.318. The Morgan fingerprint density at radius 1 is 1.64 bits per heavy atom. The number of esters is 1. The summed E-state index contributed by atoms with van der Waals surface area (Å²) >= 11 is 5.75. The van der Waals surface area contributed by atoms with E-state index in [-0.39, 0.29) is 11.9 Å². The third-order valence-corrected chi connectivity index (χ3v) is 2.62. The Morgan fingerprint density at radius 3 is 2.64 bits per heavy atom. The van der Waals surface area contributed by atoms with Crippen molar-refractivity contribution in [2.75, 3.05) is 7.11 Å². The standard InChI is InChI=1S/C7H11ClO3/c1-11-7(10)4-2-3-5(9)6(4)8/h4-6,9H,2-3H2,1H3/t4-,5-,6-/m0/s1. The van der Waals surface area contributed by atoms with E-state index in [1.807, 2.05) is 0 Å². The van der Waals surface area contributed by atoms with E-state index in [0.29, 0.717) is 12.8 Å². The van der Waals surface area contributed by atoms with Crippen LogP contribution in [0.2, 0.25) is 0 Å². The van der Waals surface area contributed by atoms with Gasteiger partial charge in [-0.3, -0.25) is 4.79 Å². The lowest BCUT2D eigenvalue weighted by Gasteiger charge is -2.12. The number of methoxy groups -OCH3 is 1. The SMILES string of the molecule is COC(=O)[C@H]1CC[C@H](O)[C@H]1Cl. The first-order chi connectivity index (χ1) is 5.16. The van der Waals surface area contributed by atoms with Crippen molar-refractivity contribution >= 4 is 17.6 Å². The topological polar surface area (TPSA) is 46.5 Å². The number of rotatable bonds is 1. The van der Waals surface area contributed by atoms with Gasteiger partial charge < -0.3 is 9.84 Å². The lowest BCUT2D eigenvalue weighted by Crippen LogP contribution is -2.26. The Kier molecular flexibility index (Phi) is 2.73. The molecule has 64 valence electrons. The lowest BCUT2D eigenvalue weighted by atomic mass is 10.1. The van der Waals surface area contributed by atoms with Crippen molar-refractivity contribution in [2.24, 2.45) is 5.92 Å². The minimum atomic E-state index is -0.555. The zero-order valence-corrected chi connectivity index (χ0v) is 7.04. The summed E-state index contributed by atoms with van der Waals surface area (Å²) in [6.07, 6.45) is 0.663. The highest BCUT2D eigenvalue weighted by Gasteiger charge is 2.38. The molecular weight excluding hydrogens is 168 g/mol. The van der Waals surface area contributed by atoms with E-state index in [1.165, 1.54) is 7.11 Å². The van der Waals surface area contributed by atoms with Crippen LogP contribution in [0.1, 0.15) is 12.8 Å². The van der Waals surface area contributed by atoms with Crippen LogP contribution in [-0.4, -0.2) is 29.7 Å². The fourth-order valence-electron chi connectivity index (χ4n) is 1.34. The molecule has 11 heavy (non-hydrogen) atoms. The van der Waals surface area contributed by atoms with Gasteiger partial charge in [0.25, 0.3) is 0 Å². The molecule has 1 rings (SSSR count). The number of carbonyl (C=O) groups is 1. The van der Waals surface area contributed by atoms with Crippen molar-refractivity contribution in [3.8, 4) is 0 Å². The zero-order valence-electron chi connectivity index (χ0n) is 6.29. The van der Waals surface area contributed by atoms with E-state index in [0.717, 1.165) is 0 Å². The number of alkyl halides is 1. The summed E-state index contributed by atoms with van der Waals surface area (Å²) in [6, 6.07) is 0. The molecule has 1 saturated carbocycles. The molecule has 0 bridgehead atoms.